The molecule has 1 heterocycles. The lowest BCUT2D eigenvalue weighted by Crippen LogP contribution is -2.18. The van der Waals surface area contributed by atoms with Crippen molar-refractivity contribution in [3.63, 3.8) is 0 Å². The van der Waals surface area contributed by atoms with Gasteiger partial charge in [0, 0.05) is 10.4 Å². The first-order chi connectivity index (χ1) is 10.4. The molecule has 0 aliphatic rings. The zero-order valence-corrected chi connectivity index (χ0v) is 14.0. The molecule has 1 aromatic carbocycles. The van der Waals surface area contributed by atoms with E-state index >= 15 is 0 Å². The van der Waals surface area contributed by atoms with Gasteiger partial charge >= 0.3 is 13.3 Å². The van der Waals surface area contributed by atoms with Gasteiger partial charge in [0.15, 0.2) is 0 Å². The molecule has 2 aromatic rings. The molecule has 0 bridgehead atoms. The highest BCUT2D eigenvalue weighted by Gasteiger charge is 2.54. The summed E-state index contributed by atoms with van der Waals surface area (Å²) in [4.78, 5) is 0.979. The van der Waals surface area contributed by atoms with E-state index in [-0.39, 0.29) is 18.8 Å². The standard InChI is InChI=1S/C15H17F2O3PS/c1-3-19-21(18,20-4-2)15(16,17)13-9-7-12(8-10-13)14-6-5-11-22-14/h5-11H,3-4H2,1-2H3. The molecule has 0 atom stereocenters. The minimum atomic E-state index is -4.55. The van der Waals surface area contributed by atoms with E-state index in [0.29, 0.717) is 0 Å². The number of hydrogen-bond donors (Lipinski definition) is 0. The minimum absolute atomic E-state index is 0.111. The number of rotatable bonds is 7. The summed E-state index contributed by atoms with van der Waals surface area (Å²) in [5, 5.41) is 1.91. The van der Waals surface area contributed by atoms with E-state index in [9.17, 15) is 13.3 Å². The maximum absolute atomic E-state index is 14.5. The van der Waals surface area contributed by atoms with Crippen LogP contribution in [0.3, 0.4) is 0 Å². The molecule has 0 unspecified atom stereocenters. The maximum atomic E-state index is 14.5. The molecule has 0 radical (unpaired) electrons. The fraction of sp³-hybridized carbons (Fsp3) is 0.333. The molecule has 0 N–H and O–H groups in total. The Labute approximate surface area is 132 Å². The van der Waals surface area contributed by atoms with E-state index in [1.54, 1.807) is 12.1 Å². The summed E-state index contributed by atoms with van der Waals surface area (Å²) in [6, 6.07) is 9.48. The molecule has 3 nitrogen and oxygen atoms in total. The third-order valence-electron chi connectivity index (χ3n) is 2.98. The Morgan fingerprint density at radius 2 is 1.68 bits per heavy atom. The molecule has 0 aliphatic heterocycles. The molecule has 0 fully saturated rings. The van der Waals surface area contributed by atoms with Gasteiger partial charge in [0.2, 0.25) is 0 Å². The molecule has 22 heavy (non-hydrogen) atoms. The van der Waals surface area contributed by atoms with Crippen LogP contribution in [0, 0.1) is 0 Å². The topological polar surface area (TPSA) is 35.5 Å². The number of benzene rings is 1. The van der Waals surface area contributed by atoms with Crippen LogP contribution in [0.15, 0.2) is 41.8 Å². The summed E-state index contributed by atoms with van der Waals surface area (Å²) in [6.45, 7) is 2.78. The fourth-order valence-corrected chi connectivity index (χ4v) is 4.25. The number of halogens is 2. The van der Waals surface area contributed by atoms with Gasteiger partial charge in [-0.1, -0.05) is 30.3 Å². The first kappa shape index (κ1) is 17.3. The third-order valence-corrected chi connectivity index (χ3v) is 6.04. The average Bonchev–Trinajstić information content (AvgIpc) is 3.02. The molecule has 120 valence electrons. The van der Waals surface area contributed by atoms with Crippen molar-refractivity contribution in [1.29, 1.82) is 0 Å². The molecule has 0 spiro atoms. The van der Waals surface area contributed by atoms with Gasteiger partial charge in [-0.15, -0.1) is 11.3 Å². The highest BCUT2D eigenvalue weighted by atomic mass is 32.1. The first-order valence-electron chi connectivity index (χ1n) is 6.86. The Bertz CT molecular complexity index is 631. The second-order valence-corrected chi connectivity index (χ2v) is 7.45. The SMILES string of the molecule is CCOP(=O)(OCC)C(F)(F)c1ccc(-c2cccs2)cc1. The molecule has 0 aliphatic carbocycles. The smallest absolute Gasteiger partial charge is 0.304 e. The predicted molar refractivity (Wildman–Crippen MR) is 84.5 cm³/mol. The van der Waals surface area contributed by atoms with Crippen molar-refractivity contribution in [3.8, 4) is 10.4 Å². The van der Waals surface area contributed by atoms with Gasteiger partial charge in [0.25, 0.3) is 0 Å². The van der Waals surface area contributed by atoms with E-state index in [1.165, 1.54) is 37.3 Å². The number of hydrogen-bond acceptors (Lipinski definition) is 4. The van der Waals surface area contributed by atoms with E-state index < -0.39 is 13.3 Å². The summed E-state index contributed by atoms with van der Waals surface area (Å²) < 4.78 is 51.0. The Morgan fingerprint density at radius 1 is 1.09 bits per heavy atom. The summed E-state index contributed by atoms with van der Waals surface area (Å²) in [5.41, 5.74) is -3.23. The van der Waals surface area contributed by atoms with Crippen LogP contribution >= 0.6 is 18.9 Å². The monoisotopic (exact) mass is 346 g/mol. The van der Waals surface area contributed by atoms with Crippen molar-refractivity contribution in [3.05, 3.63) is 47.3 Å². The van der Waals surface area contributed by atoms with Gasteiger partial charge in [-0.25, -0.2) is 0 Å². The van der Waals surface area contributed by atoms with Crippen molar-refractivity contribution < 1.29 is 22.4 Å². The Hall–Kier alpha value is -1.07. The van der Waals surface area contributed by atoms with Crippen LogP contribution in [0.5, 0.6) is 0 Å². The summed E-state index contributed by atoms with van der Waals surface area (Å²) >= 11 is 1.52. The van der Waals surface area contributed by atoms with E-state index in [2.05, 4.69) is 0 Å². The third kappa shape index (κ3) is 3.30. The Morgan fingerprint density at radius 3 is 2.14 bits per heavy atom. The van der Waals surface area contributed by atoms with E-state index in [1.807, 2.05) is 17.5 Å². The molecule has 0 saturated carbocycles. The molecule has 0 amide bonds. The number of alkyl halides is 2. The fourth-order valence-electron chi connectivity index (χ4n) is 1.98. The van der Waals surface area contributed by atoms with Crippen molar-refractivity contribution in [2.75, 3.05) is 13.2 Å². The van der Waals surface area contributed by atoms with Gasteiger partial charge in [-0.3, -0.25) is 4.57 Å². The quantitative estimate of drug-likeness (QED) is 0.601. The lowest BCUT2D eigenvalue weighted by atomic mass is 10.1. The Balaban J connectivity index is 2.34. The van der Waals surface area contributed by atoms with Crippen LogP contribution in [0.1, 0.15) is 19.4 Å². The molecule has 0 saturated heterocycles. The zero-order chi connectivity index (χ0) is 16.2. The highest BCUT2D eigenvalue weighted by molar-refractivity contribution is 7.54. The van der Waals surface area contributed by atoms with Crippen LogP contribution < -0.4 is 0 Å². The van der Waals surface area contributed by atoms with Crippen molar-refractivity contribution in [2.24, 2.45) is 0 Å². The van der Waals surface area contributed by atoms with Crippen LogP contribution in [0.25, 0.3) is 10.4 Å². The Kier molecular flexibility index (Phi) is 5.50. The first-order valence-corrected chi connectivity index (χ1v) is 9.28. The lowest BCUT2D eigenvalue weighted by molar-refractivity contribution is 0.0361. The molecule has 2 rings (SSSR count). The second kappa shape index (κ2) is 7.01. The predicted octanol–water partition coefficient (Wildman–Crippen LogP) is 5.73. The molecule has 1 aromatic heterocycles. The van der Waals surface area contributed by atoms with E-state index in [0.717, 1.165) is 10.4 Å². The largest absolute Gasteiger partial charge is 0.404 e. The lowest BCUT2D eigenvalue weighted by Gasteiger charge is -2.26. The van der Waals surface area contributed by atoms with Crippen molar-refractivity contribution in [2.45, 2.75) is 19.5 Å². The normalized spacial score (nSPS) is 12.5. The van der Waals surface area contributed by atoms with Gasteiger partial charge in [-0.05, 0) is 30.9 Å². The molecular weight excluding hydrogens is 329 g/mol. The van der Waals surface area contributed by atoms with Gasteiger partial charge in [-0.2, -0.15) is 8.78 Å². The van der Waals surface area contributed by atoms with Crippen molar-refractivity contribution >= 4 is 18.9 Å². The average molecular weight is 346 g/mol. The summed E-state index contributed by atoms with van der Waals surface area (Å²) in [7, 11) is -4.55. The van der Waals surface area contributed by atoms with Crippen LogP contribution in [-0.4, -0.2) is 13.2 Å². The van der Waals surface area contributed by atoms with E-state index in [4.69, 9.17) is 9.05 Å². The van der Waals surface area contributed by atoms with Crippen LogP contribution in [0.2, 0.25) is 0 Å². The zero-order valence-electron chi connectivity index (χ0n) is 12.3. The van der Waals surface area contributed by atoms with Gasteiger partial charge in [0.1, 0.15) is 0 Å². The summed E-state index contributed by atoms with van der Waals surface area (Å²) in [6.07, 6.45) is 0. The van der Waals surface area contributed by atoms with Gasteiger partial charge in [0.05, 0.1) is 13.2 Å². The second-order valence-electron chi connectivity index (χ2n) is 4.43. The highest BCUT2D eigenvalue weighted by Crippen LogP contribution is 2.66. The van der Waals surface area contributed by atoms with Gasteiger partial charge < -0.3 is 9.05 Å². The number of thiophene rings is 1. The molecular formula is C15H17F2O3PS. The van der Waals surface area contributed by atoms with Crippen LogP contribution in [0.4, 0.5) is 8.78 Å². The van der Waals surface area contributed by atoms with Crippen LogP contribution in [-0.2, 0) is 19.3 Å². The maximum Gasteiger partial charge on any atom is 0.404 e. The minimum Gasteiger partial charge on any atom is -0.304 e. The van der Waals surface area contributed by atoms with Crippen molar-refractivity contribution in [1.82, 2.24) is 0 Å². The molecule has 7 heteroatoms. The summed E-state index contributed by atoms with van der Waals surface area (Å²) in [5.74, 6) is 0.